The van der Waals surface area contributed by atoms with Gasteiger partial charge in [0.05, 0.1) is 24.5 Å². The van der Waals surface area contributed by atoms with Gasteiger partial charge in [-0.25, -0.2) is 9.59 Å². The molecule has 4 aliphatic rings. The second kappa shape index (κ2) is 7.91. The van der Waals surface area contributed by atoms with E-state index in [-0.39, 0.29) is 29.4 Å². The van der Waals surface area contributed by atoms with Crippen molar-refractivity contribution >= 4 is 23.8 Å². The number of carbonyl (C=O) groups excluding carboxylic acids is 4. The van der Waals surface area contributed by atoms with Crippen LogP contribution < -0.4 is 4.74 Å². The van der Waals surface area contributed by atoms with Crippen LogP contribution in [-0.2, 0) is 19.1 Å². The number of ether oxygens (including phenoxy) is 2. The molecule has 7 nitrogen and oxygen atoms in total. The third kappa shape index (κ3) is 3.11. The average Bonchev–Trinajstić information content (AvgIpc) is 3.14. The maximum atomic E-state index is 13.5. The van der Waals surface area contributed by atoms with Gasteiger partial charge in [0.15, 0.2) is 0 Å². The molecular weight excluding hydrogens is 446 g/mol. The van der Waals surface area contributed by atoms with Gasteiger partial charge >= 0.3 is 11.9 Å². The van der Waals surface area contributed by atoms with Gasteiger partial charge in [-0.1, -0.05) is 48.5 Å². The summed E-state index contributed by atoms with van der Waals surface area (Å²) in [7, 11) is 1.28. The zero-order chi connectivity index (χ0) is 24.3. The number of likely N-dealkylation sites (tertiary alicyclic amines) is 1. The molecule has 0 radical (unpaired) electrons. The number of hydrogen-bond acceptors (Lipinski definition) is 6. The number of imide groups is 1. The van der Waals surface area contributed by atoms with Crippen LogP contribution in [0.4, 0.5) is 0 Å². The maximum Gasteiger partial charge on any atom is 0.337 e. The van der Waals surface area contributed by atoms with Crippen molar-refractivity contribution in [1.82, 2.24) is 4.90 Å². The van der Waals surface area contributed by atoms with Crippen LogP contribution in [0.25, 0.3) is 0 Å². The third-order valence-corrected chi connectivity index (χ3v) is 7.33. The van der Waals surface area contributed by atoms with Gasteiger partial charge in [-0.2, -0.15) is 0 Å². The molecule has 3 aromatic carbocycles. The molecule has 3 aromatic rings. The molecule has 2 atom stereocenters. The Morgan fingerprint density at radius 1 is 0.743 bits per heavy atom. The maximum absolute atomic E-state index is 13.5. The Labute approximate surface area is 201 Å². The lowest BCUT2D eigenvalue weighted by Crippen LogP contribution is -2.41. The first-order valence-electron chi connectivity index (χ1n) is 11.4. The van der Waals surface area contributed by atoms with E-state index in [1.807, 2.05) is 48.5 Å². The number of methoxy groups -OCH3 is 1. The van der Waals surface area contributed by atoms with E-state index in [4.69, 9.17) is 4.74 Å². The smallest absolute Gasteiger partial charge is 0.337 e. The van der Waals surface area contributed by atoms with Gasteiger partial charge in [0.2, 0.25) is 11.8 Å². The predicted octanol–water partition coefficient (Wildman–Crippen LogP) is 3.27. The Kier molecular flexibility index (Phi) is 4.81. The Morgan fingerprint density at radius 3 is 1.63 bits per heavy atom. The van der Waals surface area contributed by atoms with E-state index in [0.29, 0.717) is 5.56 Å². The molecule has 0 aromatic heterocycles. The fourth-order valence-electron chi connectivity index (χ4n) is 5.96. The molecule has 7 heteroatoms. The number of rotatable bonds is 4. The molecule has 2 bridgehead atoms. The summed E-state index contributed by atoms with van der Waals surface area (Å²) in [6, 6.07) is 21.8. The highest BCUT2D eigenvalue weighted by Gasteiger charge is 2.61. The SMILES string of the molecule is COC(=O)c1ccc(OC(=O)CN2C(=O)C3C4c5ccccc5C(c5ccccc54)C3C2=O)cc1. The first kappa shape index (κ1) is 21.3. The first-order chi connectivity index (χ1) is 17.0. The minimum atomic E-state index is -0.724. The minimum absolute atomic E-state index is 0.207. The van der Waals surface area contributed by atoms with Gasteiger partial charge < -0.3 is 9.47 Å². The Hall–Kier alpha value is -4.26. The monoisotopic (exact) mass is 467 g/mol. The Balaban J connectivity index is 1.27. The molecule has 2 amide bonds. The number of nitrogens with zero attached hydrogens (tertiary/aromatic N) is 1. The molecule has 1 fully saturated rings. The standard InChI is InChI=1S/C28H21NO6/c1-34-28(33)15-10-12-16(13-11-15)35-21(30)14-29-26(31)24-22-17-6-2-3-7-18(17)23(25(24)27(29)32)20-9-5-4-8-19(20)22/h2-13,22-25H,14H2,1H3. The van der Waals surface area contributed by atoms with Gasteiger partial charge in [-0.05, 0) is 46.5 Å². The summed E-state index contributed by atoms with van der Waals surface area (Å²) in [5, 5.41) is 0. The zero-order valence-corrected chi connectivity index (χ0v) is 18.8. The molecule has 1 heterocycles. The second-order valence-electron chi connectivity index (χ2n) is 9.02. The fraction of sp³-hybridized carbons (Fsp3) is 0.214. The van der Waals surface area contributed by atoms with Crippen molar-refractivity contribution in [2.75, 3.05) is 13.7 Å². The van der Waals surface area contributed by atoms with Gasteiger partial charge in [0.25, 0.3) is 0 Å². The number of benzene rings is 3. The van der Waals surface area contributed by atoms with E-state index in [0.717, 1.165) is 27.2 Å². The van der Waals surface area contributed by atoms with E-state index >= 15 is 0 Å². The molecule has 0 spiro atoms. The summed E-state index contributed by atoms with van der Waals surface area (Å²) in [5.41, 5.74) is 4.63. The fourth-order valence-corrected chi connectivity index (χ4v) is 5.96. The molecule has 0 saturated carbocycles. The highest BCUT2D eigenvalue weighted by molar-refractivity contribution is 6.09. The van der Waals surface area contributed by atoms with E-state index < -0.39 is 30.3 Å². The average molecular weight is 467 g/mol. The third-order valence-electron chi connectivity index (χ3n) is 7.33. The zero-order valence-electron chi connectivity index (χ0n) is 18.8. The Morgan fingerprint density at radius 2 is 1.20 bits per heavy atom. The van der Waals surface area contributed by atoms with Crippen LogP contribution in [-0.4, -0.2) is 42.3 Å². The van der Waals surface area contributed by atoms with Crippen LogP contribution in [0.5, 0.6) is 5.75 Å². The molecule has 1 aliphatic heterocycles. The van der Waals surface area contributed by atoms with Crippen LogP contribution in [0, 0.1) is 11.8 Å². The van der Waals surface area contributed by atoms with Crippen molar-refractivity contribution in [2.24, 2.45) is 11.8 Å². The number of carbonyl (C=O) groups is 4. The predicted molar refractivity (Wildman–Crippen MR) is 124 cm³/mol. The van der Waals surface area contributed by atoms with Crippen molar-refractivity contribution in [1.29, 1.82) is 0 Å². The summed E-state index contributed by atoms with van der Waals surface area (Å²) in [5.74, 6) is -3.21. The van der Waals surface area contributed by atoms with Crippen LogP contribution in [0.3, 0.4) is 0 Å². The highest BCUT2D eigenvalue weighted by atomic mass is 16.5. The molecule has 7 rings (SSSR count). The summed E-state index contributed by atoms with van der Waals surface area (Å²) in [6.45, 7) is -0.463. The first-order valence-corrected chi connectivity index (χ1v) is 11.4. The number of amides is 2. The lowest BCUT2D eigenvalue weighted by molar-refractivity contribution is -0.148. The number of hydrogen-bond donors (Lipinski definition) is 0. The summed E-state index contributed by atoms with van der Waals surface area (Å²) in [6.07, 6.45) is 0. The van der Waals surface area contributed by atoms with E-state index in [1.165, 1.54) is 31.4 Å². The summed E-state index contributed by atoms with van der Waals surface area (Å²) < 4.78 is 10.0. The second-order valence-corrected chi connectivity index (χ2v) is 9.02. The van der Waals surface area contributed by atoms with E-state index in [2.05, 4.69) is 4.74 Å². The quantitative estimate of drug-likeness (QED) is 0.332. The van der Waals surface area contributed by atoms with Gasteiger partial charge in [0.1, 0.15) is 12.3 Å². The van der Waals surface area contributed by atoms with Gasteiger partial charge in [-0.3, -0.25) is 14.5 Å². The van der Waals surface area contributed by atoms with Gasteiger partial charge in [0, 0.05) is 11.8 Å². The van der Waals surface area contributed by atoms with Gasteiger partial charge in [-0.15, -0.1) is 0 Å². The van der Waals surface area contributed by atoms with Crippen LogP contribution >= 0.6 is 0 Å². The molecule has 174 valence electrons. The normalized spacial score (nSPS) is 23.4. The van der Waals surface area contributed by atoms with Crippen molar-refractivity contribution in [3.05, 3.63) is 101 Å². The molecule has 3 aliphatic carbocycles. The van der Waals surface area contributed by atoms with Crippen molar-refractivity contribution in [3.8, 4) is 5.75 Å². The largest absolute Gasteiger partial charge is 0.465 e. The van der Waals surface area contributed by atoms with Crippen LogP contribution in [0.15, 0.2) is 72.8 Å². The van der Waals surface area contributed by atoms with Crippen LogP contribution in [0.1, 0.15) is 44.4 Å². The van der Waals surface area contributed by atoms with E-state index in [9.17, 15) is 19.2 Å². The Bertz CT molecular complexity index is 1280. The topological polar surface area (TPSA) is 90.0 Å². The molecule has 0 N–H and O–H groups in total. The van der Waals surface area contributed by atoms with Crippen molar-refractivity contribution in [2.45, 2.75) is 11.8 Å². The summed E-state index contributed by atoms with van der Waals surface area (Å²) >= 11 is 0. The molecule has 35 heavy (non-hydrogen) atoms. The van der Waals surface area contributed by atoms with Crippen LogP contribution in [0.2, 0.25) is 0 Å². The lowest BCUT2D eigenvalue weighted by Gasteiger charge is -2.45. The minimum Gasteiger partial charge on any atom is -0.465 e. The molecule has 1 saturated heterocycles. The number of esters is 2. The van der Waals surface area contributed by atoms with Crippen molar-refractivity contribution < 1.29 is 28.7 Å². The molecular formula is C28H21NO6. The molecule has 2 unspecified atom stereocenters. The van der Waals surface area contributed by atoms with E-state index in [1.54, 1.807) is 0 Å². The van der Waals surface area contributed by atoms with Crippen molar-refractivity contribution in [3.63, 3.8) is 0 Å². The summed E-state index contributed by atoms with van der Waals surface area (Å²) in [4.78, 5) is 52.4. The highest BCUT2D eigenvalue weighted by Crippen LogP contribution is 2.60. The lowest BCUT2D eigenvalue weighted by atomic mass is 9.55.